The Morgan fingerprint density at radius 1 is 1.21 bits per heavy atom. The number of nitrogens with one attached hydrogen (secondary N) is 1. The minimum absolute atomic E-state index is 0.258. The molecule has 122 valence electrons. The second-order valence-electron chi connectivity index (χ2n) is 5.12. The Kier molecular flexibility index (Phi) is 4.43. The van der Waals surface area contributed by atoms with E-state index in [2.05, 4.69) is 10.3 Å². The van der Waals surface area contributed by atoms with Crippen molar-refractivity contribution in [2.45, 2.75) is 13.0 Å². The van der Waals surface area contributed by atoms with Gasteiger partial charge in [-0.15, -0.1) is 11.3 Å². The number of nitrogens with zero attached hydrogens (tertiary/aromatic N) is 1. The third-order valence-electron chi connectivity index (χ3n) is 3.44. The molecule has 1 unspecified atom stereocenters. The number of hydrogen-bond acceptors (Lipinski definition) is 5. The lowest BCUT2D eigenvalue weighted by molar-refractivity contribution is -0.120. The second kappa shape index (κ2) is 6.67. The van der Waals surface area contributed by atoms with Gasteiger partial charge in [-0.05, 0) is 24.6 Å². The molecule has 3 rings (SSSR count). The number of carbonyl (C=O) groups is 2. The van der Waals surface area contributed by atoms with Crippen molar-refractivity contribution in [1.82, 2.24) is 10.3 Å². The summed E-state index contributed by atoms with van der Waals surface area (Å²) in [6.07, 6.45) is 1.55. The number of nitrogens with two attached hydrogens (primary N) is 1. The monoisotopic (exact) mass is 341 g/mol. The molecule has 0 spiro atoms. The van der Waals surface area contributed by atoms with E-state index in [4.69, 9.17) is 10.2 Å². The van der Waals surface area contributed by atoms with E-state index in [0.717, 1.165) is 4.88 Å². The smallest absolute Gasteiger partial charge is 0.271 e. The largest absolute Gasteiger partial charge is 0.462 e. The summed E-state index contributed by atoms with van der Waals surface area (Å²) in [7, 11) is 0. The number of benzene rings is 1. The minimum atomic E-state index is -0.910. The van der Waals surface area contributed by atoms with Gasteiger partial charge in [0.1, 0.15) is 11.7 Å². The predicted octanol–water partition coefficient (Wildman–Crippen LogP) is 2.67. The van der Waals surface area contributed by atoms with Crippen LogP contribution in [0.3, 0.4) is 0 Å². The van der Waals surface area contributed by atoms with Crippen LogP contribution in [0, 0.1) is 6.92 Å². The van der Waals surface area contributed by atoms with E-state index in [0.29, 0.717) is 16.3 Å². The van der Waals surface area contributed by atoms with E-state index >= 15 is 0 Å². The Balaban J connectivity index is 1.85. The molecule has 3 aromatic rings. The highest BCUT2D eigenvalue weighted by Crippen LogP contribution is 2.28. The molecule has 1 aromatic carbocycles. The SMILES string of the molecule is Cc1sc(-c2ccco2)nc1C(=O)NC(C(N)=O)c1ccccc1. The predicted molar refractivity (Wildman–Crippen MR) is 90.4 cm³/mol. The van der Waals surface area contributed by atoms with E-state index < -0.39 is 17.9 Å². The maximum absolute atomic E-state index is 12.5. The maximum atomic E-state index is 12.5. The van der Waals surface area contributed by atoms with Gasteiger partial charge in [-0.3, -0.25) is 9.59 Å². The first kappa shape index (κ1) is 15.9. The Hall–Kier alpha value is -2.93. The average molecular weight is 341 g/mol. The fraction of sp³-hybridized carbons (Fsp3) is 0.118. The molecule has 6 nitrogen and oxygen atoms in total. The summed E-state index contributed by atoms with van der Waals surface area (Å²) in [5.41, 5.74) is 6.31. The van der Waals surface area contributed by atoms with Crippen LogP contribution >= 0.6 is 11.3 Å². The van der Waals surface area contributed by atoms with Gasteiger partial charge < -0.3 is 15.5 Å². The molecule has 1 atom stereocenters. The Morgan fingerprint density at radius 3 is 2.58 bits per heavy atom. The molecule has 2 aromatic heterocycles. The van der Waals surface area contributed by atoms with Crippen molar-refractivity contribution >= 4 is 23.2 Å². The van der Waals surface area contributed by atoms with Crippen LogP contribution in [-0.2, 0) is 4.79 Å². The van der Waals surface area contributed by atoms with Gasteiger partial charge in [-0.25, -0.2) is 4.98 Å². The van der Waals surface area contributed by atoms with E-state index in [1.165, 1.54) is 11.3 Å². The summed E-state index contributed by atoms with van der Waals surface area (Å²) >= 11 is 1.35. The van der Waals surface area contributed by atoms with Crippen molar-refractivity contribution < 1.29 is 14.0 Å². The van der Waals surface area contributed by atoms with E-state index in [1.54, 1.807) is 49.6 Å². The number of primary amides is 1. The van der Waals surface area contributed by atoms with Crippen LogP contribution in [0.15, 0.2) is 53.1 Å². The summed E-state index contributed by atoms with van der Waals surface area (Å²) in [5, 5.41) is 3.26. The lowest BCUT2D eigenvalue weighted by Crippen LogP contribution is -2.37. The van der Waals surface area contributed by atoms with Crippen LogP contribution in [0.4, 0.5) is 0 Å². The van der Waals surface area contributed by atoms with Crippen LogP contribution in [-0.4, -0.2) is 16.8 Å². The van der Waals surface area contributed by atoms with Gasteiger partial charge in [-0.1, -0.05) is 30.3 Å². The van der Waals surface area contributed by atoms with Gasteiger partial charge in [0.15, 0.2) is 10.8 Å². The first-order valence-electron chi connectivity index (χ1n) is 7.22. The maximum Gasteiger partial charge on any atom is 0.271 e. The van der Waals surface area contributed by atoms with Crippen molar-refractivity contribution in [3.05, 3.63) is 64.9 Å². The Labute approximate surface area is 142 Å². The second-order valence-corrected chi connectivity index (χ2v) is 6.32. The summed E-state index contributed by atoms with van der Waals surface area (Å²) in [5.74, 6) is -0.487. The average Bonchev–Trinajstić information content (AvgIpc) is 3.22. The van der Waals surface area contributed by atoms with Gasteiger partial charge in [0.2, 0.25) is 5.91 Å². The Bertz CT molecular complexity index is 857. The molecule has 0 saturated carbocycles. The van der Waals surface area contributed by atoms with Crippen LogP contribution in [0.5, 0.6) is 0 Å². The molecule has 3 N–H and O–H groups in total. The van der Waals surface area contributed by atoms with Crippen molar-refractivity contribution in [3.8, 4) is 10.8 Å². The fourth-order valence-corrected chi connectivity index (χ4v) is 3.16. The zero-order chi connectivity index (χ0) is 17.1. The topological polar surface area (TPSA) is 98.2 Å². The van der Waals surface area contributed by atoms with Crippen molar-refractivity contribution in [2.24, 2.45) is 5.73 Å². The van der Waals surface area contributed by atoms with Crippen LogP contribution in [0.2, 0.25) is 0 Å². The zero-order valence-electron chi connectivity index (χ0n) is 12.9. The molecule has 0 radical (unpaired) electrons. The summed E-state index contributed by atoms with van der Waals surface area (Å²) in [6, 6.07) is 11.5. The molecule has 2 heterocycles. The molecule has 7 heteroatoms. The number of rotatable bonds is 5. The number of aromatic nitrogens is 1. The van der Waals surface area contributed by atoms with Gasteiger partial charge in [0.25, 0.3) is 5.91 Å². The van der Waals surface area contributed by atoms with Crippen molar-refractivity contribution in [2.75, 3.05) is 0 Å². The third kappa shape index (κ3) is 3.21. The van der Waals surface area contributed by atoms with Crippen LogP contribution < -0.4 is 11.1 Å². The molecular weight excluding hydrogens is 326 g/mol. The number of amides is 2. The number of hydrogen-bond donors (Lipinski definition) is 2. The molecule has 0 aliphatic heterocycles. The van der Waals surface area contributed by atoms with E-state index in [-0.39, 0.29) is 5.69 Å². The molecule has 2 amide bonds. The third-order valence-corrected chi connectivity index (χ3v) is 4.42. The first-order valence-corrected chi connectivity index (χ1v) is 8.04. The molecule has 0 fully saturated rings. The van der Waals surface area contributed by atoms with Gasteiger partial charge >= 0.3 is 0 Å². The summed E-state index contributed by atoms with van der Waals surface area (Å²) < 4.78 is 5.30. The van der Waals surface area contributed by atoms with Gasteiger partial charge in [0, 0.05) is 4.88 Å². The standard InChI is InChI=1S/C17H15N3O3S/c1-10-13(20-17(24-10)12-8-5-9-23-12)16(22)19-14(15(18)21)11-6-3-2-4-7-11/h2-9,14H,1H3,(H2,18,21)(H,19,22). The number of furan rings is 1. The highest BCUT2D eigenvalue weighted by Gasteiger charge is 2.24. The summed E-state index contributed by atoms with van der Waals surface area (Å²) in [4.78, 5) is 29.3. The normalized spacial score (nSPS) is 11.9. The summed E-state index contributed by atoms with van der Waals surface area (Å²) in [6.45, 7) is 1.79. The van der Waals surface area contributed by atoms with Crippen molar-refractivity contribution in [1.29, 1.82) is 0 Å². The molecular formula is C17H15N3O3S. The molecule has 0 bridgehead atoms. The van der Waals surface area contributed by atoms with Gasteiger partial charge in [-0.2, -0.15) is 0 Å². The Morgan fingerprint density at radius 2 is 1.96 bits per heavy atom. The molecule has 0 aliphatic carbocycles. The number of aryl methyl sites for hydroxylation is 1. The van der Waals surface area contributed by atoms with Gasteiger partial charge in [0.05, 0.1) is 6.26 Å². The zero-order valence-corrected chi connectivity index (χ0v) is 13.7. The minimum Gasteiger partial charge on any atom is -0.462 e. The lowest BCUT2D eigenvalue weighted by atomic mass is 10.1. The fourth-order valence-electron chi connectivity index (χ4n) is 2.28. The first-order chi connectivity index (χ1) is 11.6. The highest BCUT2D eigenvalue weighted by molar-refractivity contribution is 7.15. The van der Waals surface area contributed by atoms with E-state index in [1.807, 2.05) is 6.07 Å². The molecule has 0 saturated heterocycles. The molecule has 24 heavy (non-hydrogen) atoms. The quantitative estimate of drug-likeness (QED) is 0.745. The van der Waals surface area contributed by atoms with Crippen LogP contribution in [0.25, 0.3) is 10.8 Å². The van der Waals surface area contributed by atoms with E-state index in [9.17, 15) is 9.59 Å². The van der Waals surface area contributed by atoms with Crippen LogP contribution in [0.1, 0.15) is 27.0 Å². The van der Waals surface area contributed by atoms with Crippen molar-refractivity contribution in [3.63, 3.8) is 0 Å². The number of thiazole rings is 1. The molecule has 0 aliphatic rings. The lowest BCUT2D eigenvalue weighted by Gasteiger charge is -2.15. The number of carbonyl (C=O) groups excluding carboxylic acids is 2. The highest BCUT2D eigenvalue weighted by atomic mass is 32.1.